The molecule has 0 bridgehead atoms. The number of ether oxygens (including phenoxy) is 2. The standard InChI is InChI=1S/C30H39FN2O5Si/c1-20-25(38-27(30(20)39(2,3)31)17-28(35)32-16-6-7-23(32)18-34)15-12-21-10-13-22(14-11-21)33-24-8-4-5-9-26(24)37-19-29(33)36/h4-5,8-11,13-14,20,23,25,27,30,34H,6-7,12,15-19H2,1-3H3/t20-,23-,25+,27-,30+/m0/s1. The summed E-state index contributed by atoms with van der Waals surface area (Å²) in [5, 5.41) is 9.63. The van der Waals surface area contributed by atoms with Gasteiger partial charge >= 0.3 is 0 Å². The minimum atomic E-state index is -3.09. The number of benzene rings is 2. The average molecular weight is 555 g/mol. The van der Waals surface area contributed by atoms with Crippen molar-refractivity contribution in [2.75, 3.05) is 24.7 Å². The van der Waals surface area contributed by atoms with E-state index in [4.69, 9.17) is 9.47 Å². The summed E-state index contributed by atoms with van der Waals surface area (Å²) >= 11 is 0. The minimum absolute atomic E-state index is 0.00710. The fourth-order valence-electron chi connectivity index (χ4n) is 6.73. The Morgan fingerprint density at radius 1 is 1.13 bits per heavy atom. The summed E-state index contributed by atoms with van der Waals surface area (Å²) in [4.78, 5) is 29.2. The molecule has 3 aliphatic rings. The fourth-order valence-corrected chi connectivity index (χ4v) is 9.27. The van der Waals surface area contributed by atoms with Gasteiger partial charge in [-0.2, -0.15) is 0 Å². The van der Waals surface area contributed by atoms with Crippen LogP contribution in [0, 0.1) is 5.92 Å². The summed E-state index contributed by atoms with van der Waals surface area (Å²) < 4.78 is 27.5. The van der Waals surface area contributed by atoms with Crippen molar-refractivity contribution in [3.8, 4) is 5.75 Å². The maximum absolute atomic E-state index is 15.5. The van der Waals surface area contributed by atoms with E-state index in [1.807, 2.05) is 48.5 Å². The van der Waals surface area contributed by atoms with Crippen molar-refractivity contribution in [3.63, 3.8) is 0 Å². The highest BCUT2D eigenvalue weighted by molar-refractivity contribution is 6.72. The summed E-state index contributed by atoms with van der Waals surface area (Å²) in [7, 11) is -3.09. The Balaban J connectivity index is 1.24. The second kappa shape index (κ2) is 11.4. The van der Waals surface area contributed by atoms with Crippen LogP contribution in [0.3, 0.4) is 0 Å². The molecule has 5 atom stereocenters. The number of para-hydroxylation sites is 2. The normalized spacial score (nSPS) is 27.0. The maximum atomic E-state index is 15.5. The van der Waals surface area contributed by atoms with Gasteiger partial charge in [0.25, 0.3) is 5.91 Å². The molecule has 2 saturated heterocycles. The van der Waals surface area contributed by atoms with E-state index in [-0.39, 0.29) is 55.1 Å². The molecule has 2 aromatic rings. The highest BCUT2D eigenvalue weighted by atomic mass is 28.4. The molecule has 0 saturated carbocycles. The van der Waals surface area contributed by atoms with Crippen LogP contribution in [0.5, 0.6) is 5.75 Å². The zero-order chi connectivity index (χ0) is 27.7. The lowest BCUT2D eigenvalue weighted by Gasteiger charge is -2.30. The molecule has 210 valence electrons. The molecule has 0 aromatic heterocycles. The molecule has 0 unspecified atom stereocenters. The number of anilines is 2. The monoisotopic (exact) mass is 554 g/mol. The minimum Gasteiger partial charge on any atom is -0.482 e. The Morgan fingerprint density at radius 3 is 2.59 bits per heavy atom. The second-order valence-corrected chi connectivity index (χ2v) is 15.4. The van der Waals surface area contributed by atoms with Gasteiger partial charge in [-0.15, -0.1) is 0 Å². The molecule has 1 N–H and O–H groups in total. The first-order valence-electron chi connectivity index (χ1n) is 14.1. The summed E-state index contributed by atoms with van der Waals surface area (Å²) in [6.07, 6.45) is 2.79. The molecule has 3 aliphatic heterocycles. The van der Waals surface area contributed by atoms with Crippen LogP contribution >= 0.6 is 0 Å². The molecule has 3 heterocycles. The highest BCUT2D eigenvalue weighted by Gasteiger charge is 2.52. The topological polar surface area (TPSA) is 79.3 Å². The van der Waals surface area contributed by atoms with Crippen molar-refractivity contribution in [1.82, 2.24) is 4.90 Å². The van der Waals surface area contributed by atoms with Crippen LogP contribution in [-0.2, 0) is 20.7 Å². The number of hydrogen-bond donors (Lipinski definition) is 1. The molecule has 9 heteroatoms. The molecule has 0 spiro atoms. The van der Waals surface area contributed by atoms with Gasteiger partial charge in [0.1, 0.15) is 5.75 Å². The molecular weight excluding hydrogens is 515 g/mol. The zero-order valence-electron chi connectivity index (χ0n) is 23.0. The first kappa shape index (κ1) is 27.8. The predicted molar refractivity (Wildman–Crippen MR) is 150 cm³/mol. The van der Waals surface area contributed by atoms with Crippen molar-refractivity contribution < 1.29 is 28.3 Å². The van der Waals surface area contributed by atoms with Crippen molar-refractivity contribution in [1.29, 1.82) is 0 Å². The first-order chi connectivity index (χ1) is 18.7. The van der Waals surface area contributed by atoms with Gasteiger partial charge in [0.15, 0.2) is 6.61 Å². The van der Waals surface area contributed by atoms with E-state index in [0.29, 0.717) is 12.3 Å². The zero-order valence-corrected chi connectivity index (χ0v) is 24.0. The number of hydrogen-bond acceptors (Lipinski definition) is 5. The number of aliphatic hydroxyl groups excluding tert-OH is 1. The molecule has 2 amide bonds. The smallest absolute Gasteiger partial charge is 0.269 e. The van der Waals surface area contributed by atoms with Crippen molar-refractivity contribution in [2.45, 2.75) is 75.9 Å². The van der Waals surface area contributed by atoms with Crippen LogP contribution in [0.15, 0.2) is 48.5 Å². The molecule has 39 heavy (non-hydrogen) atoms. The SMILES string of the molecule is C[C@@H]1[C@@H]([Si](C)(C)F)[C@H](CC(=O)N2CCC[C@H]2CO)O[C@@H]1CCc1ccc(N2C(=O)COc3ccccc32)cc1. The number of likely N-dealkylation sites (tertiary alicyclic amines) is 1. The van der Waals surface area contributed by atoms with E-state index >= 15 is 4.11 Å². The quantitative estimate of drug-likeness (QED) is 0.367. The molecule has 2 fully saturated rings. The molecule has 7 nitrogen and oxygen atoms in total. The third-order valence-corrected chi connectivity index (χ3v) is 11.1. The summed E-state index contributed by atoms with van der Waals surface area (Å²) in [5.74, 6) is 0.552. The van der Waals surface area contributed by atoms with Gasteiger partial charge in [-0.05, 0) is 74.5 Å². The third kappa shape index (κ3) is 5.76. The third-order valence-electron chi connectivity index (χ3n) is 8.60. The van der Waals surface area contributed by atoms with Gasteiger partial charge in [-0.1, -0.05) is 31.2 Å². The summed E-state index contributed by atoms with van der Waals surface area (Å²) in [6.45, 7) is 6.11. The fraction of sp³-hybridized carbons (Fsp3) is 0.533. The van der Waals surface area contributed by atoms with Crippen LogP contribution in [-0.4, -0.2) is 68.2 Å². The lowest BCUT2D eigenvalue weighted by Crippen LogP contribution is -2.42. The number of rotatable bonds is 8. The molecule has 0 radical (unpaired) electrons. The Kier molecular flexibility index (Phi) is 8.12. The van der Waals surface area contributed by atoms with E-state index in [9.17, 15) is 14.7 Å². The summed E-state index contributed by atoms with van der Waals surface area (Å²) in [6, 6.07) is 15.3. The number of carbonyl (C=O) groups excluding carboxylic acids is 2. The molecule has 2 aromatic carbocycles. The van der Waals surface area contributed by atoms with Crippen molar-refractivity contribution in [3.05, 3.63) is 54.1 Å². The number of carbonyl (C=O) groups is 2. The predicted octanol–water partition coefficient (Wildman–Crippen LogP) is 5.00. The van der Waals surface area contributed by atoms with Gasteiger partial charge < -0.3 is 23.6 Å². The number of aryl methyl sites for hydroxylation is 1. The van der Waals surface area contributed by atoms with Gasteiger partial charge in [-0.3, -0.25) is 14.5 Å². The van der Waals surface area contributed by atoms with E-state index in [1.54, 1.807) is 22.9 Å². The lowest BCUT2D eigenvalue weighted by molar-refractivity contribution is -0.135. The van der Waals surface area contributed by atoms with E-state index < -0.39 is 14.5 Å². The van der Waals surface area contributed by atoms with E-state index in [0.717, 1.165) is 42.6 Å². The number of nitrogens with zero attached hydrogens (tertiary/aromatic N) is 2. The van der Waals surface area contributed by atoms with Crippen molar-refractivity contribution in [2.24, 2.45) is 5.92 Å². The first-order valence-corrected chi connectivity index (χ1v) is 17.0. The van der Waals surface area contributed by atoms with Gasteiger partial charge in [0.05, 0.1) is 37.0 Å². The molecule has 0 aliphatic carbocycles. The van der Waals surface area contributed by atoms with Crippen LogP contribution in [0.25, 0.3) is 0 Å². The van der Waals surface area contributed by atoms with Crippen LogP contribution in [0.2, 0.25) is 18.6 Å². The maximum Gasteiger partial charge on any atom is 0.269 e. The van der Waals surface area contributed by atoms with Gasteiger partial charge in [0, 0.05) is 17.8 Å². The number of halogens is 1. The van der Waals surface area contributed by atoms with E-state index in [2.05, 4.69) is 6.92 Å². The summed E-state index contributed by atoms with van der Waals surface area (Å²) in [5.41, 5.74) is 2.38. The van der Waals surface area contributed by atoms with Gasteiger partial charge in [-0.25, -0.2) is 0 Å². The molecule has 5 rings (SSSR count). The van der Waals surface area contributed by atoms with Crippen LogP contribution in [0.4, 0.5) is 15.5 Å². The Morgan fingerprint density at radius 2 is 1.87 bits per heavy atom. The largest absolute Gasteiger partial charge is 0.482 e. The molecular formula is C30H39FN2O5Si. The Hall–Kier alpha value is -2.75. The average Bonchev–Trinajstić information content (AvgIpc) is 3.52. The van der Waals surface area contributed by atoms with Crippen LogP contribution in [0.1, 0.15) is 38.2 Å². The second-order valence-electron chi connectivity index (χ2n) is 11.6. The number of fused-ring (bicyclic) bond motifs is 1. The lowest BCUT2D eigenvalue weighted by atomic mass is 9.95. The van der Waals surface area contributed by atoms with Gasteiger partial charge in [0.2, 0.25) is 14.3 Å². The van der Waals surface area contributed by atoms with E-state index in [1.165, 1.54) is 0 Å². The Labute approximate surface area is 231 Å². The highest BCUT2D eigenvalue weighted by Crippen LogP contribution is 2.47. The Bertz CT molecular complexity index is 1190. The van der Waals surface area contributed by atoms with Crippen molar-refractivity contribution >= 4 is 31.6 Å². The number of aliphatic hydroxyl groups is 1. The van der Waals surface area contributed by atoms with Crippen LogP contribution < -0.4 is 9.64 Å². The number of amides is 2.